The lowest BCUT2D eigenvalue weighted by Crippen LogP contribution is -2.38. The first-order chi connectivity index (χ1) is 16.8. The van der Waals surface area contributed by atoms with Gasteiger partial charge in [0.25, 0.3) is 0 Å². The van der Waals surface area contributed by atoms with Crippen LogP contribution in [-0.4, -0.2) is 58.5 Å². The van der Waals surface area contributed by atoms with Crippen LogP contribution in [0.4, 0.5) is 13.2 Å². The summed E-state index contributed by atoms with van der Waals surface area (Å²) in [4.78, 5) is 22.0. The monoisotopic (exact) mass is 488 g/mol. The molecule has 0 fully saturated rings. The second-order valence-electron chi connectivity index (χ2n) is 7.77. The summed E-state index contributed by atoms with van der Waals surface area (Å²) in [6.07, 6.45) is -2.55. The molecule has 1 aliphatic heterocycles. The number of carbonyl (C=O) groups excluding carboxylic acids is 1. The number of alkyl halides is 3. The second-order valence-corrected chi connectivity index (χ2v) is 7.77. The Balaban J connectivity index is 1.40. The summed E-state index contributed by atoms with van der Waals surface area (Å²) in [5.41, 5.74) is 1.88. The van der Waals surface area contributed by atoms with Gasteiger partial charge >= 0.3 is 6.36 Å². The molecule has 0 aliphatic carbocycles. The maximum absolute atomic E-state index is 12.4. The number of aromatic nitrogens is 2. The molecule has 1 aliphatic rings. The largest absolute Gasteiger partial charge is 0.573 e. The van der Waals surface area contributed by atoms with Crippen LogP contribution in [0.1, 0.15) is 17.6 Å². The van der Waals surface area contributed by atoms with Gasteiger partial charge in [0.05, 0.1) is 6.42 Å². The van der Waals surface area contributed by atoms with Crippen molar-refractivity contribution in [1.29, 1.82) is 0 Å². The molecule has 0 radical (unpaired) electrons. The van der Waals surface area contributed by atoms with Crippen molar-refractivity contribution in [2.24, 2.45) is 0 Å². The maximum atomic E-state index is 12.4. The number of halogens is 3. The van der Waals surface area contributed by atoms with Gasteiger partial charge in [-0.25, -0.2) is 9.97 Å². The summed E-state index contributed by atoms with van der Waals surface area (Å²) in [7, 11) is 0. The number of nitrogens with one attached hydrogen (secondary N) is 1. The van der Waals surface area contributed by atoms with Crippen molar-refractivity contribution in [3.05, 3.63) is 72.3 Å². The van der Waals surface area contributed by atoms with Crippen LogP contribution in [0.25, 0.3) is 11.1 Å². The first-order valence-corrected chi connectivity index (χ1v) is 10.9. The van der Waals surface area contributed by atoms with Gasteiger partial charge in [-0.2, -0.15) is 0 Å². The Hall–Kier alpha value is -3.70. The minimum Gasteiger partial charge on any atom is -0.492 e. The smallest absolute Gasteiger partial charge is 0.492 e. The minimum atomic E-state index is -4.76. The van der Waals surface area contributed by atoms with Crippen LogP contribution in [0.5, 0.6) is 11.5 Å². The highest BCUT2D eigenvalue weighted by molar-refractivity contribution is 5.77. The van der Waals surface area contributed by atoms with E-state index in [-0.39, 0.29) is 18.1 Å². The molecule has 2 aromatic carbocycles. The quantitative estimate of drug-likeness (QED) is 0.528. The Bertz CT molecular complexity index is 1140. The van der Waals surface area contributed by atoms with E-state index in [0.717, 1.165) is 0 Å². The number of fused-ring (bicyclic) bond motifs is 1. The summed E-state index contributed by atoms with van der Waals surface area (Å²) in [6.45, 7) is 1.46. The lowest BCUT2D eigenvalue weighted by Gasteiger charge is -2.25. The number of rotatable bonds is 7. The molecule has 3 aromatic rings. The van der Waals surface area contributed by atoms with Crippen molar-refractivity contribution < 1.29 is 32.5 Å². The zero-order chi connectivity index (χ0) is 24.8. The Morgan fingerprint density at radius 3 is 2.57 bits per heavy atom. The highest BCUT2D eigenvalue weighted by Gasteiger charge is 2.31. The van der Waals surface area contributed by atoms with E-state index in [1.54, 1.807) is 41.6 Å². The molecular formula is C24H23F3N4O4. The molecule has 2 heterocycles. The fourth-order valence-electron chi connectivity index (χ4n) is 3.70. The average molecular weight is 488 g/mol. The first kappa shape index (κ1) is 24.4. The molecule has 0 bridgehead atoms. The topological polar surface area (TPSA) is 96.8 Å². The number of aliphatic hydroxyl groups is 1. The summed E-state index contributed by atoms with van der Waals surface area (Å²) in [5.74, 6) is 0.405. The van der Waals surface area contributed by atoms with E-state index in [1.165, 1.54) is 24.3 Å². The van der Waals surface area contributed by atoms with Gasteiger partial charge in [-0.1, -0.05) is 18.2 Å². The van der Waals surface area contributed by atoms with Gasteiger partial charge in [0.1, 0.15) is 30.2 Å². The molecular weight excluding hydrogens is 465 g/mol. The third-order valence-electron chi connectivity index (χ3n) is 5.35. The van der Waals surface area contributed by atoms with Gasteiger partial charge in [-0.05, 0) is 41.5 Å². The summed E-state index contributed by atoms with van der Waals surface area (Å²) < 4.78 is 46.9. The molecule has 8 nitrogen and oxygen atoms in total. The summed E-state index contributed by atoms with van der Waals surface area (Å²) in [5, 5.41) is 13.8. The van der Waals surface area contributed by atoms with Crippen molar-refractivity contribution in [3.8, 4) is 22.6 Å². The number of ether oxygens (including phenoxy) is 2. The van der Waals surface area contributed by atoms with Gasteiger partial charge in [0.15, 0.2) is 0 Å². The van der Waals surface area contributed by atoms with Gasteiger partial charge in [0.2, 0.25) is 5.91 Å². The predicted molar refractivity (Wildman–Crippen MR) is 119 cm³/mol. The van der Waals surface area contributed by atoms with Crippen molar-refractivity contribution in [3.63, 3.8) is 0 Å². The number of hydrogen-bond acceptors (Lipinski definition) is 7. The van der Waals surface area contributed by atoms with Gasteiger partial charge in [-0.15, -0.1) is 13.2 Å². The van der Waals surface area contributed by atoms with Crippen molar-refractivity contribution in [2.75, 3.05) is 26.2 Å². The third kappa shape index (κ3) is 6.67. The Morgan fingerprint density at radius 2 is 1.86 bits per heavy atom. The molecule has 0 saturated carbocycles. The van der Waals surface area contributed by atoms with E-state index in [2.05, 4.69) is 20.0 Å². The Morgan fingerprint density at radius 1 is 1.14 bits per heavy atom. The molecule has 35 heavy (non-hydrogen) atoms. The Kier molecular flexibility index (Phi) is 7.47. The fraction of sp³-hybridized carbons (Fsp3) is 0.292. The normalized spacial score (nSPS) is 16.1. The van der Waals surface area contributed by atoms with E-state index < -0.39 is 12.6 Å². The molecule has 2 N–H and O–H groups in total. The van der Waals surface area contributed by atoms with Crippen LogP contribution >= 0.6 is 0 Å². The predicted octanol–water partition coefficient (Wildman–Crippen LogP) is 3.09. The zero-order valence-electron chi connectivity index (χ0n) is 18.5. The summed E-state index contributed by atoms with van der Waals surface area (Å²) >= 11 is 0. The number of carbonyl (C=O) groups is 1. The van der Waals surface area contributed by atoms with Gasteiger partial charge < -0.3 is 19.9 Å². The number of benzene rings is 2. The molecule has 1 unspecified atom stereocenters. The second kappa shape index (κ2) is 10.7. The Labute approximate surface area is 199 Å². The van der Waals surface area contributed by atoms with E-state index in [0.29, 0.717) is 54.5 Å². The third-order valence-corrected chi connectivity index (χ3v) is 5.35. The highest BCUT2D eigenvalue weighted by atomic mass is 19.4. The van der Waals surface area contributed by atoms with Crippen LogP contribution in [0.15, 0.2) is 60.9 Å². The molecule has 4 rings (SSSR count). The number of hydrogen-bond donors (Lipinski definition) is 2. The molecule has 11 heteroatoms. The van der Waals surface area contributed by atoms with E-state index in [1.807, 2.05) is 0 Å². The number of aliphatic hydroxyl groups excluding tert-OH is 1. The standard InChI is InChI=1S/C24H23F3N4O4/c25-24(26,27)35-18-5-2-16(3-6-18)17-4-7-20-19(14-17)23(33)31(12-13-34-20)11-10-30-22(32)15-21-28-8-1-9-29-21/h1-9,14,23,33H,10-13,15H2,(H,30,32). The summed E-state index contributed by atoms with van der Waals surface area (Å²) in [6, 6.07) is 12.4. The fourth-order valence-corrected chi connectivity index (χ4v) is 3.70. The SMILES string of the molecule is O=C(Cc1ncccn1)NCCN1CCOc2ccc(-c3ccc(OC(F)(F)F)cc3)cc2C1O. The van der Waals surface area contributed by atoms with Crippen LogP contribution in [0.3, 0.4) is 0 Å². The molecule has 0 saturated heterocycles. The van der Waals surface area contributed by atoms with Crippen LogP contribution in [-0.2, 0) is 11.2 Å². The van der Waals surface area contributed by atoms with E-state index in [4.69, 9.17) is 4.74 Å². The molecule has 184 valence electrons. The average Bonchev–Trinajstić information content (AvgIpc) is 2.98. The minimum absolute atomic E-state index is 0.0610. The van der Waals surface area contributed by atoms with Crippen LogP contribution < -0.4 is 14.8 Å². The molecule has 0 spiro atoms. The molecule has 1 aromatic heterocycles. The zero-order valence-corrected chi connectivity index (χ0v) is 18.5. The first-order valence-electron chi connectivity index (χ1n) is 10.9. The number of amides is 1. The highest BCUT2D eigenvalue weighted by Crippen LogP contribution is 2.35. The van der Waals surface area contributed by atoms with E-state index >= 15 is 0 Å². The molecule has 1 amide bonds. The van der Waals surface area contributed by atoms with E-state index in [9.17, 15) is 23.1 Å². The van der Waals surface area contributed by atoms with Crippen molar-refractivity contribution >= 4 is 5.91 Å². The van der Waals surface area contributed by atoms with Gasteiger partial charge in [-0.3, -0.25) is 9.69 Å². The lowest BCUT2D eigenvalue weighted by atomic mass is 10.0. The van der Waals surface area contributed by atoms with Crippen LogP contribution in [0, 0.1) is 0 Å². The van der Waals surface area contributed by atoms with Crippen molar-refractivity contribution in [1.82, 2.24) is 20.2 Å². The maximum Gasteiger partial charge on any atom is 0.573 e. The van der Waals surface area contributed by atoms with Crippen molar-refractivity contribution in [2.45, 2.75) is 19.0 Å². The van der Waals surface area contributed by atoms with Gasteiger partial charge in [0, 0.05) is 37.6 Å². The number of nitrogens with zero attached hydrogens (tertiary/aromatic N) is 3. The van der Waals surface area contributed by atoms with Crippen LogP contribution in [0.2, 0.25) is 0 Å². The molecule has 1 atom stereocenters. The lowest BCUT2D eigenvalue weighted by molar-refractivity contribution is -0.274.